The van der Waals surface area contributed by atoms with Crippen LogP contribution in [0.2, 0.25) is 5.02 Å². The molecular formula is C16H11ClF2O2. The fourth-order valence-corrected chi connectivity index (χ4v) is 1.86. The Kier molecular flexibility index (Phi) is 5.15. The van der Waals surface area contributed by atoms with Gasteiger partial charge in [0.15, 0.2) is 0 Å². The van der Waals surface area contributed by atoms with Crippen LogP contribution in [0, 0.1) is 23.5 Å². The average Bonchev–Trinajstić information content (AvgIpc) is 2.46. The highest BCUT2D eigenvalue weighted by molar-refractivity contribution is 6.30. The highest BCUT2D eigenvalue weighted by Crippen LogP contribution is 2.20. The first-order valence-corrected chi connectivity index (χ1v) is 6.43. The molecule has 0 bridgehead atoms. The Hall–Kier alpha value is -2.09. The zero-order valence-corrected chi connectivity index (χ0v) is 11.6. The Morgan fingerprint density at radius 2 is 1.95 bits per heavy atom. The lowest BCUT2D eigenvalue weighted by Crippen LogP contribution is -1.97. The lowest BCUT2D eigenvalue weighted by atomic mass is 10.2. The summed E-state index contributed by atoms with van der Waals surface area (Å²) >= 11 is 5.67. The molecule has 0 spiro atoms. The molecule has 0 unspecified atom stereocenters. The molecule has 0 fully saturated rings. The SMILES string of the molecule is OCC#Cc1cc(F)cc(OCc2ccc(F)c(Cl)c2)c1. The Morgan fingerprint density at radius 1 is 1.14 bits per heavy atom. The van der Waals surface area contributed by atoms with Gasteiger partial charge in [0, 0.05) is 11.6 Å². The second-order valence-electron chi connectivity index (χ2n) is 4.17. The van der Waals surface area contributed by atoms with Gasteiger partial charge in [-0.3, -0.25) is 0 Å². The topological polar surface area (TPSA) is 29.5 Å². The van der Waals surface area contributed by atoms with Gasteiger partial charge in [0.05, 0.1) is 5.02 Å². The summed E-state index contributed by atoms with van der Waals surface area (Å²) in [6.45, 7) is -0.183. The van der Waals surface area contributed by atoms with E-state index in [1.54, 1.807) is 6.07 Å². The minimum absolute atomic E-state index is 0.00448. The molecule has 2 nitrogen and oxygen atoms in total. The molecule has 0 heterocycles. The smallest absolute Gasteiger partial charge is 0.141 e. The molecule has 0 amide bonds. The Bertz CT molecular complexity index is 705. The minimum atomic E-state index is -0.507. The summed E-state index contributed by atoms with van der Waals surface area (Å²) in [5.41, 5.74) is 1.06. The quantitative estimate of drug-likeness (QED) is 0.879. The summed E-state index contributed by atoms with van der Waals surface area (Å²) in [6.07, 6.45) is 0. The monoisotopic (exact) mass is 308 g/mol. The van der Waals surface area contributed by atoms with Crippen LogP contribution in [0.4, 0.5) is 8.78 Å². The summed E-state index contributed by atoms with van der Waals surface area (Å²) < 4.78 is 31.9. The van der Waals surface area contributed by atoms with Crippen LogP contribution in [0.3, 0.4) is 0 Å². The molecule has 0 aliphatic carbocycles. The van der Waals surface area contributed by atoms with Crippen molar-refractivity contribution in [3.05, 3.63) is 64.2 Å². The van der Waals surface area contributed by atoms with Gasteiger partial charge in [-0.25, -0.2) is 8.78 Å². The number of halogens is 3. The van der Waals surface area contributed by atoms with E-state index < -0.39 is 11.6 Å². The standard InChI is InChI=1S/C16H11ClF2O2/c17-15-8-12(3-4-16(15)19)10-21-14-7-11(2-1-5-20)6-13(18)9-14/h3-4,6-9,20H,5,10H2. The van der Waals surface area contributed by atoms with E-state index >= 15 is 0 Å². The van der Waals surface area contributed by atoms with Crippen LogP contribution in [-0.4, -0.2) is 11.7 Å². The van der Waals surface area contributed by atoms with E-state index in [1.807, 2.05) is 0 Å². The third-order valence-corrected chi connectivity index (χ3v) is 2.86. The van der Waals surface area contributed by atoms with Gasteiger partial charge in [0.2, 0.25) is 0 Å². The van der Waals surface area contributed by atoms with Crippen molar-refractivity contribution < 1.29 is 18.6 Å². The van der Waals surface area contributed by atoms with E-state index in [0.29, 0.717) is 11.1 Å². The average molecular weight is 309 g/mol. The zero-order chi connectivity index (χ0) is 15.2. The van der Waals surface area contributed by atoms with Crippen LogP contribution in [0.1, 0.15) is 11.1 Å². The largest absolute Gasteiger partial charge is 0.489 e. The molecule has 0 radical (unpaired) electrons. The van der Waals surface area contributed by atoms with E-state index in [0.717, 1.165) is 0 Å². The molecule has 0 atom stereocenters. The second kappa shape index (κ2) is 7.07. The van der Waals surface area contributed by atoms with Gasteiger partial charge in [-0.05, 0) is 29.8 Å². The van der Waals surface area contributed by atoms with Crippen LogP contribution < -0.4 is 4.74 Å². The van der Waals surface area contributed by atoms with E-state index in [1.165, 1.54) is 30.3 Å². The molecule has 0 saturated carbocycles. The summed E-state index contributed by atoms with van der Waals surface area (Å²) in [5, 5.41) is 8.63. The molecule has 0 aliphatic heterocycles. The molecule has 2 rings (SSSR count). The van der Waals surface area contributed by atoms with Gasteiger partial charge in [0.25, 0.3) is 0 Å². The van der Waals surface area contributed by atoms with Crippen LogP contribution in [0.5, 0.6) is 5.75 Å². The van der Waals surface area contributed by atoms with Crippen molar-refractivity contribution in [1.82, 2.24) is 0 Å². The van der Waals surface area contributed by atoms with Crippen LogP contribution >= 0.6 is 11.6 Å². The summed E-state index contributed by atoms with van der Waals surface area (Å²) in [5.74, 6) is 4.32. The molecule has 0 aromatic heterocycles. The van der Waals surface area contributed by atoms with Gasteiger partial charge in [-0.1, -0.05) is 29.5 Å². The number of aliphatic hydroxyl groups is 1. The van der Waals surface area contributed by atoms with Gasteiger partial charge >= 0.3 is 0 Å². The lowest BCUT2D eigenvalue weighted by molar-refractivity contribution is 0.304. The van der Waals surface area contributed by atoms with Crippen molar-refractivity contribution in [2.24, 2.45) is 0 Å². The van der Waals surface area contributed by atoms with E-state index in [2.05, 4.69) is 11.8 Å². The van der Waals surface area contributed by atoms with Crippen molar-refractivity contribution in [2.75, 3.05) is 6.61 Å². The Balaban J connectivity index is 2.12. The van der Waals surface area contributed by atoms with Crippen molar-refractivity contribution in [3.63, 3.8) is 0 Å². The summed E-state index contributed by atoms with van der Waals surface area (Å²) in [7, 11) is 0. The maximum atomic E-state index is 13.4. The van der Waals surface area contributed by atoms with Gasteiger partial charge in [-0.15, -0.1) is 0 Å². The number of hydrogen-bond donors (Lipinski definition) is 1. The van der Waals surface area contributed by atoms with E-state index in [4.69, 9.17) is 21.4 Å². The van der Waals surface area contributed by atoms with Gasteiger partial charge in [0.1, 0.15) is 30.6 Å². The number of hydrogen-bond acceptors (Lipinski definition) is 2. The molecule has 21 heavy (non-hydrogen) atoms. The lowest BCUT2D eigenvalue weighted by Gasteiger charge is -2.07. The molecule has 5 heteroatoms. The van der Waals surface area contributed by atoms with Crippen molar-refractivity contribution in [2.45, 2.75) is 6.61 Å². The Morgan fingerprint density at radius 3 is 2.67 bits per heavy atom. The van der Waals surface area contributed by atoms with Crippen molar-refractivity contribution in [3.8, 4) is 17.6 Å². The van der Waals surface area contributed by atoms with E-state index in [-0.39, 0.29) is 24.0 Å². The molecule has 0 aliphatic rings. The number of aliphatic hydroxyl groups excluding tert-OH is 1. The second-order valence-corrected chi connectivity index (χ2v) is 4.58. The predicted octanol–water partition coefficient (Wildman–Crippen LogP) is 3.54. The van der Waals surface area contributed by atoms with Crippen LogP contribution in [-0.2, 0) is 6.61 Å². The molecular weight excluding hydrogens is 298 g/mol. The fourth-order valence-electron chi connectivity index (χ4n) is 1.66. The molecule has 2 aromatic rings. The highest BCUT2D eigenvalue weighted by Gasteiger charge is 2.04. The first-order chi connectivity index (χ1) is 10.1. The number of ether oxygens (including phenoxy) is 1. The first kappa shape index (κ1) is 15.3. The highest BCUT2D eigenvalue weighted by atomic mass is 35.5. The summed E-state index contributed by atoms with van der Waals surface area (Å²) in [4.78, 5) is 0. The molecule has 0 saturated heterocycles. The fraction of sp³-hybridized carbons (Fsp3) is 0.125. The summed E-state index contributed by atoms with van der Waals surface area (Å²) in [6, 6.07) is 8.23. The third kappa shape index (κ3) is 4.45. The van der Waals surface area contributed by atoms with Gasteiger partial charge < -0.3 is 9.84 Å². The molecule has 2 aromatic carbocycles. The number of rotatable bonds is 3. The van der Waals surface area contributed by atoms with E-state index in [9.17, 15) is 8.78 Å². The third-order valence-electron chi connectivity index (χ3n) is 2.57. The molecule has 108 valence electrons. The maximum Gasteiger partial charge on any atom is 0.141 e. The first-order valence-electron chi connectivity index (χ1n) is 6.05. The number of benzene rings is 2. The predicted molar refractivity (Wildman–Crippen MR) is 76.1 cm³/mol. The zero-order valence-electron chi connectivity index (χ0n) is 10.9. The Labute approximate surface area is 125 Å². The molecule has 1 N–H and O–H groups in total. The van der Waals surface area contributed by atoms with Crippen molar-refractivity contribution in [1.29, 1.82) is 0 Å². The van der Waals surface area contributed by atoms with Gasteiger partial charge in [-0.2, -0.15) is 0 Å². The minimum Gasteiger partial charge on any atom is -0.489 e. The van der Waals surface area contributed by atoms with Crippen LogP contribution in [0.15, 0.2) is 36.4 Å². The maximum absolute atomic E-state index is 13.4. The van der Waals surface area contributed by atoms with Crippen LogP contribution in [0.25, 0.3) is 0 Å². The van der Waals surface area contributed by atoms with Crippen molar-refractivity contribution >= 4 is 11.6 Å². The normalized spacial score (nSPS) is 9.90.